The van der Waals surface area contributed by atoms with Crippen molar-refractivity contribution in [2.24, 2.45) is 11.1 Å². The van der Waals surface area contributed by atoms with E-state index in [0.717, 1.165) is 11.4 Å². The third-order valence-corrected chi connectivity index (χ3v) is 5.12. The summed E-state index contributed by atoms with van der Waals surface area (Å²) in [5.74, 6) is 0.719. The molecule has 2 bridgehead atoms. The molecule has 1 N–H and O–H groups in total. The van der Waals surface area contributed by atoms with E-state index in [2.05, 4.69) is 29.2 Å². The highest BCUT2D eigenvalue weighted by Gasteiger charge is 2.45. The molecule has 1 aromatic rings. The normalized spacial score (nSPS) is 35.1. The van der Waals surface area contributed by atoms with Crippen LogP contribution in [0.5, 0.6) is 0 Å². The molecule has 19 heavy (non-hydrogen) atoms. The number of halogens is 1. The van der Waals surface area contributed by atoms with Gasteiger partial charge in [-0.15, -0.1) is 5.16 Å². The predicted octanol–water partition coefficient (Wildman–Crippen LogP) is 3.37. The molecule has 4 atom stereocenters. The molecule has 2 saturated heterocycles. The average Bonchev–Trinajstić information content (AvgIpc) is 2.65. The molecule has 0 aliphatic carbocycles. The van der Waals surface area contributed by atoms with E-state index in [1.807, 2.05) is 12.1 Å². The van der Waals surface area contributed by atoms with Crippen molar-refractivity contribution in [1.82, 2.24) is 4.90 Å². The van der Waals surface area contributed by atoms with Crippen LogP contribution in [0.4, 0.5) is 0 Å². The van der Waals surface area contributed by atoms with Crippen molar-refractivity contribution in [3.8, 4) is 0 Å². The molecule has 0 aromatic heterocycles. The third kappa shape index (κ3) is 2.26. The molecule has 3 nitrogen and oxygen atoms in total. The highest BCUT2D eigenvalue weighted by atomic mass is 35.5. The van der Waals surface area contributed by atoms with E-state index in [1.165, 1.54) is 18.4 Å². The molecule has 2 fully saturated rings. The van der Waals surface area contributed by atoms with Crippen molar-refractivity contribution in [3.63, 3.8) is 0 Å². The molecule has 4 heteroatoms. The molecule has 2 heterocycles. The molecule has 0 amide bonds. The lowest BCUT2D eigenvalue weighted by Crippen LogP contribution is -2.46. The molecule has 1 aromatic carbocycles. The Bertz CT molecular complexity index is 474. The first-order valence-corrected chi connectivity index (χ1v) is 7.23. The molecule has 102 valence electrons. The van der Waals surface area contributed by atoms with Gasteiger partial charge in [-0.2, -0.15) is 0 Å². The summed E-state index contributed by atoms with van der Waals surface area (Å²) >= 11 is 5.97. The number of benzene rings is 1. The van der Waals surface area contributed by atoms with Gasteiger partial charge in [0, 0.05) is 29.2 Å². The fourth-order valence-electron chi connectivity index (χ4n) is 3.86. The summed E-state index contributed by atoms with van der Waals surface area (Å²) < 4.78 is 0. The molecule has 2 aliphatic heterocycles. The van der Waals surface area contributed by atoms with Gasteiger partial charge in [-0.25, -0.2) is 0 Å². The number of fused-ring (bicyclic) bond motifs is 2. The van der Waals surface area contributed by atoms with Crippen molar-refractivity contribution in [1.29, 1.82) is 0 Å². The summed E-state index contributed by atoms with van der Waals surface area (Å²) in [4.78, 5) is 2.46. The van der Waals surface area contributed by atoms with Gasteiger partial charge in [0.25, 0.3) is 0 Å². The number of rotatable bonds is 2. The zero-order valence-corrected chi connectivity index (χ0v) is 11.8. The van der Waals surface area contributed by atoms with Crippen molar-refractivity contribution in [2.45, 2.75) is 37.3 Å². The van der Waals surface area contributed by atoms with Crippen LogP contribution in [-0.2, 0) is 0 Å². The van der Waals surface area contributed by atoms with E-state index in [1.54, 1.807) is 6.21 Å². The van der Waals surface area contributed by atoms with Crippen LogP contribution in [0.3, 0.4) is 0 Å². The van der Waals surface area contributed by atoms with E-state index in [-0.39, 0.29) is 5.92 Å². The largest absolute Gasteiger partial charge is 0.411 e. The van der Waals surface area contributed by atoms with Crippen LogP contribution >= 0.6 is 11.6 Å². The Hall–Kier alpha value is -1.06. The lowest BCUT2D eigenvalue weighted by molar-refractivity contribution is 0.133. The lowest BCUT2D eigenvalue weighted by Gasteiger charge is -2.41. The van der Waals surface area contributed by atoms with Crippen LogP contribution in [-0.4, -0.2) is 35.5 Å². The molecule has 3 rings (SSSR count). The molecule has 2 aliphatic rings. The van der Waals surface area contributed by atoms with Gasteiger partial charge in [0.05, 0.1) is 0 Å². The standard InChI is InChI=1S/C15H19ClN2O/c1-18-12-6-7-15(18)14(9-17-19)13(8-12)10-2-4-11(16)5-3-10/h2-5,9,12-15,19H,6-8H2,1H3/b17-9-/t12-,13+,14+,15+/m0/s1. The van der Waals surface area contributed by atoms with Crippen molar-refractivity contribution >= 4 is 17.8 Å². The first-order valence-electron chi connectivity index (χ1n) is 6.85. The van der Waals surface area contributed by atoms with Gasteiger partial charge in [0.15, 0.2) is 0 Å². The van der Waals surface area contributed by atoms with Gasteiger partial charge in [-0.05, 0) is 49.9 Å². The summed E-state index contributed by atoms with van der Waals surface area (Å²) in [6, 6.07) is 9.27. The van der Waals surface area contributed by atoms with Crippen molar-refractivity contribution in [3.05, 3.63) is 34.9 Å². The molecule has 0 saturated carbocycles. The van der Waals surface area contributed by atoms with E-state index >= 15 is 0 Å². The number of hydrogen-bond acceptors (Lipinski definition) is 3. The molecule has 0 unspecified atom stereocenters. The fourth-order valence-corrected chi connectivity index (χ4v) is 3.98. The Morgan fingerprint density at radius 3 is 2.74 bits per heavy atom. The van der Waals surface area contributed by atoms with Crippen LogP contribution in [0, 0.1) is 5.92 Å². The maximum atomic E-state index is 8.97. The van der Waals surface area contributed by atoms with E-state index in [4.69, 9.17) is 16.8 Å². The first kappa shape index (κ1) is 12.9. The number of hydrogen-bond donors (Lipinski definition) is 1. The highest BCUT2D eigenvalue weighted by molar-refractivity contribution is 6.30. The van der Waals surface area contributed by atoms with Gasteiger partial charge in [-0.3, -0.25) is 4.90 Å². The fraction of sp³-hybridized carbons (Fsp3) is 0.533. The molecule has 0 spiro atoms. The van der Waals surface area contributed by atoms with Crippen molar-refractivity contribution < 1.29 is 5.21 Å². The number of oxime groups is 1. The second-order valence-electron chi connectivity index (χ2n) is 5.70. The van der Waals surface area contributed by atoms with Crippen LogP contribution in [0.15, 0.2) is 29.4 Å². The maximum absolute atomic E-state index is 8.97. The van der Waals surface area contributed by atoms with Gasteiger partial charge < -0.3 is 5.21 Å². The Balaban J connectivity index is 1.93. The molecule has 0 radical (unpaired) electrons. The highest BCUT2D eigenvalue weighted by Crippen LogP contribution is 2.45. The quantitative estimate of drug-likeness (QED) is 0.511. The zero-order chi connectivity index (χ0) is 13.4. The first-order chi connectivity index (χ1) is 9.20. The number of piperidine rings is 1. The van der Waals surface area contributed by atoms with E-state index in [9.17, 15) is 0 Å². The minimum atomic E-state index is 0.287. The van der Waals surface area contributed by atoms with Crippen LogP contribution < -0.4 is 0 Å². The Labute approximate surface area is 118 Å². The average molecular weight is 279 g/mol. The second kappa shape index (κ2) is 5.14. The zero-order valence-electron chi connectivity index (χ0n) is 11.0. The van der Waals surface area contributed by atoms with Gasteiger partial charge in [-0.1, -0.05) is 23.7 Å². The van der Waals surface area contributed by atoms with Gasteiger partial charge in [0.1, 0.15) is 0 Å². The minimum Gasteiger partial charge on any atom is -0.411 e. The Morgan fingerprint density at radius 1 is 1.32 bits per heavy atom. The third-order valence-electron chi connectivity index (χ3n) is 4.87. The predicted molar refractivity (Wildman–Crippen MR) is 77.2 cm³/mol. The summed E-state index contributed by atoms with van der Waals surface area (Å²) in [7, 11) is 2.19. The second-order valence-corrected chi connectivity index (χ2v) is 6.14. The Kier molecular flexibility index (Phi) is 3.50. The maximum Gasteiger partial charge on any atom is 0.0488 e. The van der Waals surface area contributed by atoms with Gasteiger partial charge >= 0.3 is 0 Å². The van der Waals surface area contributed by atoms with Crippen LogP contribution in [0.1, 0.15) is 30.7 Å². The van der Waals surface area contributed by atoms with Crippen LogP contribution in [0.25, 0.3) is 0 Å². The van der Waals surface area contributed by atoms with E-state index in [0.29, 0.717) is 18.0 Å². The Morgan fingerprint density at radius 2 is 2.05 bits per heavy atom. The summed E-state index contributed by atoms with van der Waals surface area (Å²) in [5.41, 5.74) is 1.30. The smallest absolute Gasteiger partial charge is 0.0488 e. The molecular weight excluding hydrogens is 260 g/mol. The molecular formula is C15H19ClN2O. The van der Waals surface area contributed by atoms with Gasteiger partial charge in [0.2, 0.25) is 0 Å². The lowest BCUT2D eigenvalue weighted by atomic mass is 9.77. The topological polar surface area (TPSA) is 35.8 Å². The van der Waals surface area contributed by atoms with Crippen LogP contribution in [0.2, 0.25) is 5.02 Å². The minimum absolute atomic E-state index is 0.287. The summed E-state index contributed by atoms with van der Waals surface area (Å²) in [6.07, 6.45) is 5.30. The number of nitrogens with zero attached hydrogens (tertiary/aromatic N) is 2. The SMILES string of the molecule is CN1[C@H]2CC[C@@H]1[C@H](/C=N\O)[C@@H](c1ccc(Cl)cc1)C2. The van der Waals surface area contributed by atoms with Crippen molar-refractivity contribution in [2.75, 3.05) is 7.05 Å². The van der Waals surface area contributed by atoms with E-state index < -0.39 is 0 Å². The monoisotopic (exact) mass is 278 g/mol. The summed E-state index contributed by atoms with van der Waals surface area (Å²) in [5, 5.41) is 13.1. The summed E-state index contributed by atoms with van der Waals surface area (Å²) in [6.45, 7) is 0.